The number of thiocarbonyl (C=S) groups is 1. The molecule has 0 bridgehead atoms. The van der Waals surface area contributed by atoms with E-state index in [4.69, 9.17) is 17.0 Å². The number of aryl methyl sites for hydroxylation is 1. The third-order valence-corrected chi connectivity index (χ3v) is 6.55. The van der Waals surface area contributed by atoms with Crippen LogP contribution in [0.15, 0.2) is 95.4 Å². The van der Waals surface area contributed by atoms with Crippen molar-refractivity contribution in [3.63, 3.8) is 0 Å². The number of ether oxygens (including phenoxy) is 1. The smallest absolute Gasteiger partial charge is 0.263 e. The van der Waals surface area contributed by atoms with Gasteiger partial charge in [0.15, 0.2) is 0 Å². The summed E-state index contributed by atoms with van der Waals surface area (Å²) in [6, 6.07) is 26.6. The zero-order valence-corrected chi connectivity index (χ0v) is 18.4. The highest BCUT2D eigenvalue weighted by Gasteiger charge is 2.32. The van der Waals surface area contributed by atoms with Crippen LogP contribution in [0.1, 0.15) is 28.2 Å². The summed E-state index contributed by atoms with van der Waals surface area (Å²) in [6.45, 7) is 2.08. The van der Waals surface area contributed by atoms with Crippen LogP contribution in [-0.4, -0.2) is 10.2 Å². The molecule has 2 aliphatic heterocycles. The number of allylic oxidation sites excluding steroid dienone is 2. The van der Waals surface area contributed by atoms with Crippen LogP contribution in [0, 0.1) is 6.92 Å². The molecular weight excluding hydrogens is 422 g/mol. The summed E-state index contributed by atoms with van der Waals surface area (Å²) >= 11 is 6.49. The second kappa shape index (κ2) is 8.17. The zero-order chi connectivity index (χ0) is 21.4. The van der Waals surface area contributed by atoms with Crippen molar-refractivity contribution in [1.29, 1.82) is 0 Å². The summed E-state index contributed by atoms with van der Waals surface area (Å²) in [4.78, 5) is 13.1. The van der Waals surface area contributed by atoms with Gasteiger partial charge in [0.05, 0.1) is 4.91 Å². The van der Waals surface area contributed by atoms with E-state index in [1.165, 1.54) is 17.3 Å². The number of carbonyl (C=O) groups excluding carboxylic acids is 1. The molecule has 152 valence electrons. The number of benzene rings is 3. The summed E-state index contributed by atoms with van der Waals surface area (Å²) in [5, 5.41) is 2.72. The summed E-state index contributed by atoms with van der Waals surface area (Å²) in [7, 11) is 0. The molecule has 0 radical (unpaired) electrons. The van der Waals surface area contributed by atoms with Crippen molar-refractivity contribution in [1.82, 2.24) is 5.32 Å². The number of rotatable bonds is 3. The third-order valence-electron chi connectivity index (χ3n) is 5.39. The van der Waals surface area contributed by atoms with Crippen LogP contribution in [0.3, 0.4) is 0 Å². The topological polar surface area (TPSA) is 38.3 Å². The van der Waals surface area contributed by atoms with E-state index in [2.05, 4.69) is 42.6 Å². The number of nitrogens with one attached hydrogen (secondary N) is 1. The average molecular weight is 442 g/mol. The first kappa shape index (κ1) is 19.8. The second-order valence-electron chi connectivity index (χ2n) is 7.49. The fraction of sp³-hybridized carbons (Fsp3) is 0.0769. The van der Waals surface area contributed by atoms with Crippen molar-refractivity contribution < 1.29 is 9.53 Å². The highest BCUT2D eigenvalue weighted by Crippen LogP contribution is 2.47. The largest absolute Gasteiger partial charge is 0.456 e. The maximum atomic E-state index is 12.5. The van der Waals surface area contributed by atoms with Crippen molar-refractivity contribution in [2.75, 3.05) is 0 Å². The van der Waals surface area contributed by atoms with Gasteiger partial charge in [-0.1, -0.05) is 102 Å². The normalized spacial score (nSPS) is 19.3. The Labute approximate surface area is 190 Å². The van der Waals surface area contributed by atoms with Gasteiger partial charge in [0.25, 0.3) is 5.91 Å². The Balaban J connectivity index is 1.78. The molecule has 1 fully saturated rings. The van der Waals surface area contributed by atoms with Gasteiger partial charge < -0.3 is 10.1 Å². The first-order valence-electron chi connectivity index (χ1n) is 9.98. The lowest BCUT2D eigenvalue weighted by Gasteiger charge is -2.30. The molecule has 0 aliphatic carbocycles. The average Bonchev–Trinajstić information content (AvgIpc) is 3.11. The Kier molecular flexibility index (Phi) is 5.22. The number of hydrogen-bond donors (Lipinski definition) is 1. The van der Waals surface area contributed by atoms with Crippen molar-refractivity contribution in [3.05, 3.63) is 118 Å². The Hall–Kier alpha value is -3.15. The third kappa shape index (κ3) is 3.82. The quantitative estimate of drug-likeness (QED) is 0.402. The minimum Gasteiger partial charge on any atom is -0.456 e. The van der Waals surface area contributed by atoms with Crippen LogP contribution >= 0.6 is 24.0 Å². The van der Waals surface area contributed by atoms with Crippen LogP contribution in [-0.2, 0) is 4.79 Å². The molecule has 0 aromatic heterocycles. The number of hydrogen-bond acceptors (Lipinski definition) is 4. The van der Waals surface area contributed by atoms with Crippen LogP contribution in [0.4, 0.5) is 0 Å². The van der Waals surface area contributed by atoms with Crippen LogP contribution in [0.2, 0.25) is 0 Å². The maximum Gasteiger partial charge on any atom is 0.263 e. The molecule has 3 nitrogen and oxygen atoms in total. The highest BCUT2D eigenvalue weighted by molar-refractivity contribution is 8.26. The molecule has 1 saturated heterocycles. The molecular formula is C26H19NO2S2. The van der Waals surface area contributed by atoms with Gasteiger partial charge in [-0.05, 0) is 24.6 Å². The van der Waals surface area contributed by atoms with Crippen LogP contribution in [0.25, 0.3) is 5.76 Å². The predicted molar refractivity (Wildman–Crippen MR) is 130 cm³/mol. The molecule has 0 saturated carbocycles. The summed E-state index contributed by atoms with van der Waals surface area (Å²) in [5.74, 6) is 1.34. The van der Waals surface area contributed by atoms with Crippen LogP contribution in [0.5, 0.6) is 5.75 Å². The molecule has 5 heteroatoms. The molecule has 3 aromatic rings. The SMILES string of the molecule is Cc1ccc(C2C(/C=C3/SC(=S)NC3=O)=C(c3ccccc3)Oc3ccccc32)cc1. The Morgan fingerprint density at radius 3 is 2.39 bits per heavy atom. The molecule has 1 N–H and O–H groups in total. The number of carbonyl (C=O) groups is 1. The van der Waals surface area contributed by atoms with Gasteiger partial charge in [-0.25, -0.2) is 0 Å². The van der Waals surface area contributed by atoms with Crippen molar-refractivity contribution in [3.8, 4) is 5.75 Å². The second-order valence-corrected chi connectivity index (χ2v) is 9.21. The van der Waals surface area contributed by atoms with Gasteiger partial charge in [0, 0.05) is 22.6 Å². The standard InChI is InChI=1S/C26H19NO2S2/c1-16-11-13-17(14-12-16)23-19-9-5-6-10-21(19)29-24(18-7-3-2-4-8-18)20(23)15-22-25(28)27-26(30)31-22/h2-15,23H,1H3,(H,27,28,30)/b22-15+. The molecule has 0 spiro atoms. The fourth-order valence-electron chi connectivity index (χ4n) is 3.92. The van der Waals surface area contributed by atoms with E-state index in [-0.39, 0.29) is 11.8 Å². The fourth-order valence-corrected chi connectivity index (χ4v) is 4.96. The van der Waals surface area contributed by atoms with E-state index in [0.29, 0.717) is 9.23 Å². The van der Waals surface area contributed by atoms with Gasteiger partial charge in [-0.2, -0.15) is 0 Å². The molecule has 1 atom stereocenters. The summed E-state index contributed by atoms with van der Waals surface area (Å²) in [5.41, 5.74) is 5.33. The van der Waals surface area contributed by atoms with E-state index in [0.717, 1.165) is 33.8 Å². The first-order chi connectivity index (χ1) is 15.1. The maximum absolute atomic E-state index is 12.5. The minimum atomic E-state index is -0.170. The monoisotopic (exact) mass is 441 g/mol. The van der Waals surface area contributed by atoms with E-state index >= 15 is 0 Å². The van der Waals surface area contributed by atoms with E-state index in [1.54, 1.807) is 0 Å². The molecule has 2 heterocycles. The van der Waals surface area contributed by atoms with E-state index < -0.39 is 0 Å². The summed E-state index contributed by atoms with van der Waals surface area (Å²) < 4.78 is 6.91. The van der Waals surface area contributed by atoms with Gasteiger partial charge in [0.1, 0.15) is 15.8 Å². The minimum absolute atomic E-state index is 0.0733. The van der Waals surface area contributed by atoms with Crippen molar-refractivity contribution in [2.24, 2.45) is 0 Å². The van der Waals surface area contributed by atoms with E-state index in [1.807, 2.05) is 54.6 Å². The first-order valence-corrected chi connectivity index (χ1v) is 11.2. The lowest BCUT2D eigenvalue weighted by atomic mass is 9.81. The lowest BCUT2D eigenvalue weighted by Crippen LogP contribution is -2.19. The van der Waals surface area contributed by atoms with Gasteiger partial charge in [0.2, 0.25) is 0 Å². The van der Waals surface area contributed by atoms with Crippen molar-refractivity contribution >= 4 is 40.0 Å². The van der Waals surface area contributed by atoms with Gasteiger partial charge in [-0.15, -0.1) is 0 Å². The number of thioether (sulfide) groups is 1. The predicted octanol–water partition coefficient (Wildman–Crippen LogP) is 5.96. The molecule has 5 rings (SSSR count). The molecule has 2 aliphatic rings. The number of fused-ring (bicyclic) bond motifs is 1. The Bertz CT molecular complexity index is 1240. The lowest BCUT2D eigenvalue weighted by molar-refractivity contribution is -0.115. The van der Waals surface area contributed by atoms with Gasteiger partial charge in [-0.3, -0.25) is 4.79 Å². The number of amides is 1. The van der Waals surface area contributed by atoms with E-state index in [9.17, 15) is 4.79 Å². The Morgan fingerprint density at radius 1 is 0.968 bits per heavy atom. The highest BCUT2D eigenvalue weighted by atomic mass is 32.2. The molecule has 31 heavy (non-hydrogen) atoms. The summed E-state index contributed by atoms with van der Waals surface area (Å²) in [6.07, 6.45) is 1.93. The Morgan fingerprint density at radius 2 is 1.68 bits per heavy atom. The number of para-hydroxylation sites is 1. The van der Waals surface area contributed by atoms with Crippen LogP contribution < -0.4 is 10.1 Å². The molecule has 3 aromatic carbocycles. The van der Waals surface area contributed by atoms with Gasteiger partial charge >= 0.3 is 0 Å². The molecule has 1 amide bonds. The van der Waals surface area contributed by atoms with Crippen molar-refractivity contribution in [2.45, 2.75) is 12.8 Å². The molecule has 1 unspecified atom stereocenters. The zero-order valence-electron chi connectivity index (χ0n) is 16.8.